The Kier molecular flexibility index (Phi) is 10.5. The van der Waals surface area contributed by atoms with Gasteiger partial charge < -0.3 is 10.2 Å². The number of anilines is 1. The molecule has 0 unspecified atom stereocenters. The third-order valence-corrected chi connectivity index (χ3v) is 7.49. The zero-order chi connectivity index (χ0) is 27.5. The minimum Gasteiger partial charge on any atom is -0.355 e. The average molecular weight is 536 g/mol. The van der Waals surface area contributed by atoms with Crippen LogP contribution in [0.1, 0.15) is 36.5 Å². The molecule has 0 saturated carbocycles. The molecular formula is C30H37N3O4S. The number of para-hydroxylation sites is 1. The highest BCUT2D eigenvalue weighted by Gasteiger charge is 2.30. The van der Waals surface area contributed by atoms with Crippen molar-refractivity contribution in [2.45, 2.75) is 45.7 Å². The number of nitrogens with one attached hydrogen (secondary N) is 1. The van der Waals surface area contributed by atoms with E-state index in [0.29, 0.717) is 25.1 Å². The summed E-state index contributed by atoms with van der Waals surface area (Å²) < 4.78 is 26.2. The first-order valence-electron chi connectivity index (χ1n) is 12.9. The first kappa shape index (κ1) is 28.9. The summed E-state index contributed by atoms with van der Waals surface area (Å²) in [7, 11) is -3.52. The van der Waals surface area contributed by atoms with Crippen molar-refractivity contribution >= 4 is 27.5 Å². The first-order valence-corrected chi connectivity index (χ1v) is 14.7. The van der Waals surface area contributed by atoms with Crippen LogP contribution in [-0.2, 0) is 32.6 Å². The van der Waals surface area contributed by atoms with Crippen molar-refractivity contribution in [3.8, 4) is 0 Å². The number of sulfonamides is 1. The molecule has 0 saturated heterocycles. The molecule has 7 nitrogen and oxygen atoms in total. The quantitative estimate of drug-likeness (QED) is 0.353. The highest BCUT2D eigenvalue weighted by atomic mass is 32.2. The molecule has 8 heteroatoms. The molecule has 0 aliphatic rings. The van der Waals surface area contributed by atoms with Crippen LogP contribution in [0, 0.1) is 6.92 Å². The van der Waals surface area contributed by atoms with E-state index in [-0.39, 0.29) is 31.3 Å². The highest BCUT2D eigenvalue weighted by molar-refractivity contribution is 7.92. The lowest BCUT2D eigenvalue weighted by Crippen LogP contribution is -2.50. The van der Waals surface area contributed by atoms with E-state index in [1.807, 2.05) is 74.5 Å². The van der Waals surface area contributed by atoms with Gasteiger partial charge in [0, 0.05) is 32.5 Å². The van der Waals surface area contributed by atoms with Gasteiger partial charge in [0.15, 0.2) is 0 Å². The summed E-state index contributed by atoms with van der Waals surface area (Å²) in [5.74, 6) is -0.405. The molecule has 0 heterocycles. The fourth-order valence-electron chi connectivity index (χ4n) is 4.33. The van der Waals surface area contributed by atoms with E-state index in [0.717, 1.165) is 22.9 Å². The third kappa shape index (κ3) is 8.45. The fraction of sp³-hybridized carbons (Fsp3) is 0.333. The van der Waals surface area contributed by atoms with Gasteiger partial charge in [0.1, 0.15) is 6.04 Å². The average Bonchev–Trinajstić information content (AvgIpc) is 2.90. The van der Waals surface area contributed by atoms with Gasteiger partial charge in [0.05, 0.1) is 11.9 Å². The lowest BCUT2D eigenvalue weighted by molar-refractivity contribution is -0.141. The maximum Gasteiger partial charge on any atom is 0.243 e. The van der Waals surface area contributed by atoms with Gasteiger partial charge in [-0.05, 0) is 43.5 Å². The molecule has 38 heavy (non-hydrogen) atoms. The molecule has 1 atom stereocenters. The van der Waals surface area contributed by atoms with Gasteiger partial charge in [-0.1, -0.05) is 78.4 Å². The maximum atomic E-state index is 13.7. The first-order chi connectivity index (χ1) is 18.2. The summed E-state index contributed by atoms with van der Waals surface area (Å²) in [6.45, 7) is 4.75. The van der Waals surface area contributed by atoms with E-state index in [4.69, 9.17) is 0 Å². The second kappa shape index (κ2) is 13.8. The number of aryl methyl sites for hydroxylation is 1. The summed E-state index contributed by atoms with van der Waals surface area (Å²) in [4.78, 5) is 28.6. The van der Waals surface area contributed by atoms with Crippen molar-refractivity contribution in [2.75, 3.05) is 23.7 Å². The molecule has 2 amide bonds. The number of likely N-dealkylation sites (N-methyl/N-ethyl adjacent to an activating group) is 1. The van der Waals surface area contributed by atoms with Gasteiger partial charge >= 0.3 is 0 Å². The molecular weight excluding hydrogens is 498 g/mol. The van der Waals surface area contributed by atoms with Crippen molar-refractivity contribution in [1.82, 2.24) is 10.2 Å². The Hall–Kier alpha value is -3.65. The van der Waals surface area contributed by atoms with Crippen LogP contribution >= 0.6 is 0 Å². The zero-order valence-electron chi connectivity index (χ0n) is 22.3. The Morgan fingerprint density at radius 3 is 2.05 bits per heavy atom. The fourth-order valence-corrected chi connectivity index (χ4v) is 5.30. The van der Waals surface area contributed by atoms with Crippen LogP contribution in [0.3, 0.4) is 0 Å². The summed E-state index contributed by atoms with van der Waals surface area (Å²) >= 11 is 0. The van der Waals surface area contributed by atoms with E-state index in [2.05, 4.69) is 5.32 Å². The van der Waals surface area contributed by atoms with Crippen LogP contribution in [0.2, 0.25) is 0 Å². The number of rotatable bonds is 13. The Balaban J connectivity index is 1.84. The number of benzene rings is 3. The second-order valence-electron chi connectivity index (χ2n) is 9.38. The van der Waals surface area contributed by atoms with Gasteiger partial charge in [-0.25, -0.2) is 8.42 Å². The molecule has 0 bridgehead atoms. The van der Waals surface area contributed by atoms with Gasteiger partial charge in [-0.3, -0.25) is 13.9 Å². The largest absolute Gasteiger partial charge is 0.355 e. The monoisotopic (exact) mass is 535 g/mol. The van der Waals surface area contributed by atoms with Crippen LogP contribution < -0.4 is 9.62 Å². The maximum absolute atomic E-state index is 13.7. The molecule has 0 fully saturated rings. The number of carbonyl (C=O) groups excluding carboxylic acids is 2. The van der Waals surface area contributed by atoms with Crippen molar-refractivity contribution in [2.24, 2.45) is 0 Å². The smallest absolute Gasteiger partial charge is 0.243 e. The van der Waals surface area contributed by atoms with E-state index in [1.54, 1.807) is 29.2 Å². The van der Waals surface area contributed by atoms with Gasteiger partial charge in [0.2, 0.25) is 21.8 Å². The standard InChI is InChI=1S/C30H37N3O4S/c1-4-31-30(35)28(22-25-12-7-5-8-13-25)32(23-26-19-17-24(2)18-20-26)29(34)16-11-21-33(38(3,36)37)27-14-9-6-10-15-27/h5-10,12-15,17-20,28H,4,11,16,21-23H2,1-3H3,(H,31,35)/t28-/m1/s1. The van der Waals surface area contributed by atoms with Crippen molar-refractivity contribution in [3.63, 3.8) is 0 Å². The number of carbonyl (C=O) groups is 2. The Morgan fingerprint density at radius 2 is 1.47 bits per heavy atom. The number of amides is 2. The van der Waals surface area contributed by atoms with E-state index in [9.17, 15) is 18.0 Å². The SMILES string of the molecule is CCNC(=O)[C@@H](Cc1ccccc1)N(Cc1ccc(C)cc1)C(=O)CCCN(c1ccccc1)S(C)(=O)=O. The van der Waals surface area contributed by atoms with Crippen molar-refractivity contribution in [1.29, 1.82) is 0 Å². The minimum atomic E-state index is -3.52. The topological polar surface area (TPSA) is 86.8 Å². The molecule has 3 aromatic rings. The van der Waals surface area contributed by atoms with E-state index < -0.39 is 16.1 Å². The third-order valence-electron chi connectivity index (χ3n) is 6.29. The predicted octanol–water partition coefficient (Wildman–Crippen LogP) is 4.32. The lowest BCUT2D eigenvalue weighted by atomic mass is 10.0. The summed E-state index contributed by atoms with van der Waals surface area (Å²) in [5, 5.41) is 2.89. The molecule has 0 spiro atoms. The van der Waals surface area contributed by atoms with Crippen LogP contribution in [0.25, 0.3) is 0 Å². The Morgan fingerprint density at radius 1 is 0.868 bits per heavy atom. The molecule has 1 N–H and O–H groups in total. The lowest BCUT2D eigenvalue weighted by Gasteiger charge is -2.32. The van der Waals surface area contributed by atoms with Gasteiger partial charge in [0.25, 0.3) is 0 Å². The molecule has 0 radical (unpaired) electrons. The summed E-state index contributed by atoms with van der Waals surface area (Å²) in [6, 6.07) is 25.7. The number of hydrogen-bond acceptors (Lipinski definition) is 4. The summed E-state index contributed by atoms with van der Waals surface area (Å²) in [5.41, 5.74) is 3.55. The molecule has 3 rings (SSSR count). The second-order valence-corrected chi connectivity index (χ2v) is 11.3. The molecule has 0 aromatic heterocycles. The van der Waals surface area contributed by atoms with E-state index >= 15 is 0 Å². The van der Waals surface area contributed by atoms with Crippen LogP contribution in [0.5, 0.6) is 0 Å². The van der Waals surface area contributed by atoms with Gasteiger partial charge in [-0.15, -0.1) is 0 Å². The zero-order valence-corrected chi connectivity index (χ0v) is 23.2. The summed E-state index contributed by atoms with van der Waals surface area (Å²) in [6.07, 6.45) is 1.97. The molecule has 3 aromatic carbocycles. The molecule has 0 aliphatic heterocycles. The van der Waals surface area contributed by atoms with Crippen LogP contribution in [-0.4, -0.2) is 50.5 Å². The molecule has 202 valence electrons. The van der Waals surface area contributed by atoms with Gasteiger partial charge in [-0.2, -0.15) is 0 Å². The molecule has 0 aliphatic carbocycles. The van der Waals surface area contributed by atoms with Crippen LogP contribution in [0.4, 0.5) is 5.69 Å². The number of hydrogen-bond donors (Lipinski definition) is 1. The Labute approximate surface area is 226 Å². The highest BCUT2D eigenvalue weighted by Crippen LogP contribution is 2.20. The van der Waals surface area contributed by atoms with E-state index in [1.165, 1.54) is 4.31 Å². The predicted molar refractivity (Wildman–Crippen MR) is 152 cm³/mol. The van der Waals surface area contributed by atoms with Crippen molar-refractivity contribution in [3.05, 3.63) is 102 Å². The van der Waals surface area contributed by atoms with Crippen molar-refractivity contribution < 1.29 is 18.0 Å². The number of nitrogens with zero attached hydrogens (tertiary/aromatic N) is 2. The Bertz CT molecular complexity index is 1280. The minimum absolute atomic E-state index is 0.107. The normalized spacial score (nSPS) is 12.0. The van der Waals surface area contributed by atoms with Crippen LogP contribution in [0.15, 0.2) is 84.9 Å².